The van der Waals surface area contributed by atoms with Crippen molar-refractivity contribution in [2.45, 2.75) is 33.3 Å². The number of carbonyl (C=O) groups is 1. The molecule has 1 rings (SSSR count). The van der Waals surface area contributed by atoms with Gasteiger partial charge in [-0.1, -0.05) is 17.7 Å². The highest BCUT2D eigenvalue weighted by molar-refractivity contribution is 5.67. The number of benzene rings is 1. The van der Waals surface area contributed by atoms with Crippen LogP contribution in [0.1, 0.15) is 26.3 Å². The highest BCUT2D eigenvalue weighted by Crippen LogP contribution is 2.14. The van der Waals surface area contributed by atoms with Gasteiger partial charge in [0.25, 0.3) is 0 Å². The molecule has 0 fully saturated rings. The summed E-state index contributed by atoms with van der Waals surface area (Å²) in [5.74, 6) is 0. The Kier molecular flexibility index (Phi) is 5.35. The molecule has 0 unspecified atom stereocenters. The molecule has 0 saturated heterocycles. The summed E-state index contributed by atoms with van der Waals surface area (Å²) in [6.07, 6.45) is -0.507. The van der Waals surface area contributed by atoms with Gasteiger partial charge >= 0.3 is 6.09 Å². The van der Waals surface area contributed by atoms with Gasteiger partial charge in [0.2, 0.25) is 0 Å². The second kappa shape index (κ2) is 6.58. The van der Waals surface area contributed by atoms with Gasteiger partial charge in [0.15, 0.2) is 0 Å². The Morgan fingerprint density at radius 3 is 2.20 bits per heavy atom. The van der Waals surface area contributed by atoms with E-state index < -0.39 is 11.7 Å². The van der Waals surface area contributed by atoms with E-state index in [2.05, 4.69) is 10.9 Å². The molecule has 6 heteroatoms. The monoisotopic (exact) mass is 280 g/mol. The van der Waals surface area contributed by atoms with Crippen LogP contribution in [-0.2, 0) is 4.74 Å². The van der Waals surface area contributed by atoms with Crippen LogP contribution in [0.3, 0.4) is 0 Å². The van der Waals surface area contributed by atoms with Crippen LogP contribution in [0.5, 0.6) is 0 Å². The summed E-state index contributed by atoms with van der Waals surface area (Å²) < 4.78 is 5.21. The number of ether oxygens (including phenoxy) is 1. The molecule has 0 spiro atoms. The van der Waals surface area contributed by atoms with Crippen molar-refractivity contribution in [3.05, 3.63) is 29.8 Å². The van der Waals surface area contributed by atoms with Gasteiger partial charge in [-0.25, -0.2) is 20.8 Å². The lowest BCUT2D eigenvalue weighted by Crippen LogP contribution is -2.56. The smallest absolute Gasteiger partial charge is 0.423 e. The normalized spacial score (nSPS) is 11.3. The number of anilines is 1. The first-order valence-electron chi connectivity index (χ1n) is 6.50. The topological polar surface area (TPSA) is 56.8 Å². The molecule has 112 valence electrons. The zero-order chi connectivity index (χ0) is 15.3. The van der Waals surface area contributed by atoms with Gasteiger partial charge in [-0.3, -0.25) is 0 Å². The Morgan fingerprint density at radius 2 is 1.75 bits per heavy atom. The molecule has 1 aromatic rings. The maximum atomic E-state index is 11.7. The van der Waals surface area contributed by atoms with Gasteiger partial charge in [0.1, 0.15) is 5.60 Å². The van der Waals surface area contributed by atoms with Gasteiger partial charge < -0.3 is 4.74 Å². The molecular formula is C14H24N4O2. The van der Waals surface area contributed by atoms with E-state index in [0.29, 0.717) is 0 Å². The van der Waals surface area contributed by atoms with Crippen molar-refractivity contribution in [3.63, 3.8) is 0 Å². The molecule has 0 radical (unpaired) electrons. The number of amides is 1. The van der Waals surface area contributed by atoms with Crippen LogP contribution < -0.4 is 16.0 Å². The maximum Gasteiger partial charge on any atom is 0.423 e. The average Bonchev–Trinajstić information content (AvgIpc) is 2.29. The van der Waals surface area contributed by atoms with Gasteiger partial charge in [-0.15, -0.1) is 5.12 Å². The molecule has 1 amide bonds. The van der Waals surface area contributed by atoms with Crippen LogP contribution in [0.2, 0.25) is 0 Å². The van der Waals surface area contributed by atoms with E-state index in [-0.39, 0.29) is 0 Å². The Bertz CT molecular complexity index is 439. The number of nitrogens with one attached hydrogen (secondary N) is 2. The molecule has 0 aliphatic carbocycles. The van der Waals surface area contributed by atoms with E-state index in [1.54, 1.807) is 19.2 Å². The van der Waals surface area contributed by atoms with Gasteiger partial charge in [0.05, 0.1) is 5.69 Å². The SMILES string of the molecule is CNN(c1ccc(C)cc1)N(C)NC(=O)OC(C)(C)C. The number of hydrogen-bond donors (Lipinski definition) is 2. The summed E-state index contributed by atoms with van der Waals surface area (Å²) >= 11 is 0. The Labute approximate surface area is 120 Å². The summed E-state index contributed by atoms with van der Waals surface area (Å²) in [6.45, 7) is 7.49. The van der Waals surface area contributed by atoms with Crippen molar-refractivity contribution in [2.75, 3.05) is 19.2 Å². The lowest BCUT2D eigenvalue weighted by molar-refractivity contribution is 0.0336. The number of rotatable bonds is 4. The minimum absolute atomic E-state index is 0.507. The molecule has 0 bridgehead atoms. The summed E-state index contributed by atoms with van der Waals surface area (Å²) in [6, 6.07) is 7.92. The molecule has 20 heavy (non-hydrogen) atoms. The number of nitrogens with zero attached hydrogens (tertiary/aromatic N) is 2. The molecule has 0 saturated carbocycles. The largest absolute Gasteiger partial charge is 0.443 e. The molecular weight excluding hydrogens is 256 g/mol. The highest BCUT2D eigenvalue weighted by atomic mass is 16.6. The van der Waals surface area contributed by atoms with Crippen molar-refractivity contribution in [1.82, 2.24) is 16.0 Å². The lowest BCUT2D eigenvalue weighted by atomic mass is 10.2. The van der Waals surface area contributed by atoms with Crippen molar-refractivity contribution in [1.29, 1.82) is 0 Å². The van der Waals surface area contributed by atoms with Crippen LogP contribution in [0, 0.1) is 6.92 Å². The third kappa shape index (κ3) is 5.07. The number of hydrazine groups is 3. The van der Waals surface area contributed by atoms with Crippen LogP contribution in [-0.4, -0.2) is 30.9 Å². The lowest BCUT2D eigenvalue weighted by Gasteiger charge is -2.33. The summed E-state index contributed by atoms with van der Waals surface area (Å²) in [4.78, 5) is 11.7. The van der Waals surface area contributed by atoms with E-state index in [0.717, 1.165) is 5.69 Å². The predicted octanol–water partition coefficient (Wildman–Crippen LogP) is 2.22. The van der Waals surface area contributed by atoms with E-state index in [4.69, 9.17) is 4.74 Å². The summed E-state index contributed by atoms with van der Waals surface area (Å²) in [7, 11) is 3.49. The van der Waals surface area contributed by atoms with E-state index in [9.17, 15) is 4.79 Å². The van der Waals surface area contributed by atoms with Crippen LogP contribution in [0.4, 0.5) is 10.5 Å². The van der Waals surface area contributed by atoms with Gasteiger partial charge in [0, 0.05) is 14.1 Å². The van der Waals surface area contributed by atoms with E-state index >= 15 is 0 Å². The Balaban J connectivity index is 2.70. The fourth-order valence-electron chi connectivity index (χ4n) is 1.62. The Hall–Kier alpha value is -1.79. The molecule has 0 atom stereocenters. The third-order valence-corrected chi connectivity index (χ3v) is 2.44. The van der Waals surface area contributed by atoms with Gasteiger partial charge in [-0.05, 0) is 39.8 Å². The molecule has 0 heterocycles. The number of carbonyl (C=O) groups excluding carboxylic acids is 1. The highest BCUT2D eigenvalue weighted by Gasteiger charge is 2.19. The van der Waals surface area contributed by atoms with E-state index in [1.807, 2.05) is 52.0 Å². The summed E-state index contributed by atoms with van der Waals surface area (Å²) in [5.41, 5.74) is 7.18. The number of hydrogen-bond acceptors (Lipinski definition) is 5. The zero-order valence-corrected chi connectivity index (χ0v) is 13.0. The van der Waals surface area contributed by atoms with Crippen molar-refractivity contribution >= 4 is 11.8 Å². The Morgan fingerprint density at radius 1 is 1.20 bits per heavy atom. The first kappa shape index (κ1) is 16.3. The zero-order valence-electron chi connectivity index (χ0n) is 13.0. The molecule has 2 N–H and O–H groups in total. The predicted molar refractivity (Wildman–Crippen MR) is 79.9 cm³/mol. The molecule has 1 aromatic carbocycles. The van der Waals surface area contributed by atoms with E-state index in [1.165, 1.54) is 10.7 Å². The molecule has 0 aliphatic rings. The molecule has 6 nitrogen and oxygen atoms in total. The fraction of sp³-hybridized carbons (Fsp3) is 0.500. The quantitative estimate of drug-likeness (QED) is 0.828. The molecule has 0 aromatic heterocycles. The van der Waals surface area contributed by atoms with Gasteiger partial charge in [-0.2, -0.15) is 0 Å². The van der Waals surface area contributed by atoms with Crippen molar-refractivity contribution < 1.29 is 9.53 Å². The van der Waals surface area contributed by atoms with Crippen LogP contribution in [0.15, 0.2) is 24.3 Å². The average molecular weight is 280 g/mol. The summed E-state index contributed by atoms with van der Waals surface area (Å²) in [5, 5.41) is 3.22. The third-order valence-electron chi connectivity index (χ3n) is 2.44. The minimum atomic E-state index is -0.529. The van der Waals surface area contributed by atoms with Crippen LogP contribution in [0.25, 0.3) is 0 Å². The number of aryl methyl sites for hydroxylation is 1. The minimum Gasteiger partial charge on any atom is -0.443 e. The maximum absolute atomic E-state index is 11.7. The van der Waals surface area contributed by atoms with Crippen molar-refractivity contribution in [3.8, 4) is 0 Å². The van der Waals surface area contributed by atoms with Crippen molar-refractivity contribution in [2.24, 2.45) is 0 Å². The first-order valence-corrected chi connectivity index (χ1v) is 6.50. The first-order chi connectivity index (χ1) is 9.23. The second-order valence-corrected chi connectivity index (χ2v) is 5.51. The molecule has 0 aliphatic heterocycles. The second-order valence-electron chi connectivity index (χ2n) is 5.51. The standard InChI is InChI=1S/C14H24N4O2/c1-11-7-9-12(10-8-11)18(15-5)17(6)16-13(19)20-14(2,3)4/h7-10,15H,1-6H3,(H,16,19). The van der Waals surface area contributed by atoms with Crippen LogP contribution >= 0.6 is 0 Å². The fourth-order valence-corrected chi connectivity index (χ4v) is 1.62.